The van der Waals surface area contributed by atoms with Gasteiger partial charge in [0.05, 0.1) is 19.6 Å². The number of fused-ring (bicyclic) bond motifs is 1. The maximum absolute atomic E-state index is 13.5. The van der Waals surface area contributed by atoms with E-state index in [0.29, 0.717) is 56.3 Å². The zero-order chi connectivity index (χ0) is 21.4. The zero-order valence-electron chi connectivity index (χ0n) is 17.1. The van der Waals surface area contributed by atoms with Crippen molar-refractivity contribution in [2.45, 2.75) is 13.0 Å². The van der Waals surface area contributed by atoms with Gasteiger partial charge in [-0.2, -0.15) is 0 Å². The van der Waals surface area contributed by atoms with E-state index in [1.807, 2.05) is 23.1 Å². The van der Waals surface area contributed by atoms with Gasteiger partial charge in [-0.25, -0.2) is 8.78 Å². The Labute approximate surface area is 179 Å². The van der Waals surface area contributed by atoms with Crippen LogP contribution in [0.25, 0.3) is 0 Å². The number of hydrogen-bond donors (Lipinski definition) is 0. The SMILES string of the molecule is O=C(Cc1ccc2c(c1)OCO2)N1CCOCC2(CN(Cc3cc(F)cc(F)c3)C2)C1. The molecule has 8 heteroatoms. The highest BCUT2D eigenvalue weighted by molar-refractivity contribution is 5.79. The molecule has 0 atom stereocenters. The van der Waals surface area contributed by atoms with Crippen LogP contribution in [0.1, 0.15) is 11.1 Å². The van der Waals surface area contributed by atoms with E-state index >= 15 is 0 Å². The van der Waals surface area contributed by atoms with Crippen LogP contribution in [0.3, 0.4) is 0 Å². The standard InChI is InChI=1S/C23H24F2N2O4/c24-18-5-17(6-19(25)9-18)10-26-11-23(12-26)13-27(3-4-29-14-23)22(28)8-16-1-2-20-21(7-16)31-15-30-20/h1-2,5-7,9H,3-4,8,10-15H2. The Bertz CT molecular complexity index is 973. The number of ether oxygens (including phenoxy) is 3. The van der Waals surface area contributed by atoms with Gasteiger partial charge in [-0.05, 0) is 35.4 Å². The third-order valence-corrected chi connectivity index (χ3v) is 6.03. The fourth-order valence-electron chi connectivity index (χ4n) is 4.71. The lowest BCUT2D eigenvalue weighted by molar-refractivity contribution is -0.134. The summed E-state index contributed by atoms with van der Waals surface area (Å²) in [6.07, 6.45) is 0.291. The van der Waals surface area contributed by atoms with Gasteiger partial charge < -0.3 is 19.1 Å². The number of rotatable bonds is 4. The third-order valence-electron chi connectivity index (χ3n) is 6.03. The molecule has 2 aromatic carbocycles. The average Bonchev–Trinajstić information content (AvgIpc) is 3.04. The highest BCUT2D eigenvalue weighted by atomic mass is 19.1. The Kier molecular flexibility index (Phi) is 5.27. The number of carbonyl (C=O) groups is 1. The highest BCUT2D eigenvalue weighted by Crippen LogP contribution is 2.35. The van der Waals surface area contributed by atoms with Gasteiger partial charge in [0.15, 0.2) is 11.5 Å². The molecule has 164 valence electrons. The summed E-state index contributed by atoms with van der Waals surface area (Å²) < 4.78 is 43.4. The minimum atomic E-state index is -0.566. The van der Waals surface area contributed by atoms with E-state index in [4.69, 9.17) is 14.2 Å². The van der Waals surface area contributed by atoms with Gasteiger partial charge in [0, 0.05) is 44.2 Å². The number of nitrogens with zero attached hydrogens (tertiary/aromatic N) is 2. The highest BCUT2D eigenvalue weighted by Gasteiger charge is 2.46. The van der Waals surface area contributed by atoms with E-state index in [1.54, 1.807) is 0 Å². The van der Waals surface area contributed by atoms with E-state index in [9.17, 15) is 13.6 Å². The molecular formula is C23H24F2N2O4. The molecule has 3 aliphatic rings. The number of benzene rings is 2. The van der Waals surface area contributed by atoms with E-state index < -0.39 is 11.6 Å². The summed E-state index contributed by atoms with van der Waals surface area (Å²) in [6.45, 7) is 4.38. The Morgan fingerprint density at radius 1 is 0.968 bits per heavy atom. The topological polar surface area (TPSA) is 51.2 Å². The van der Waals surface area contributed by atoms with E-state index in [2.05, 4.69) is 4.90 Å². The molecule has 0 bridgehead atoms. The van der Waals surface area contributed by atoms with E-state index in [0.717, 1.165) is 24.7 Å². The summed E-state index contributed by atoms with van der Waals surface area (Å²) in [5.41, 5.74) is 1.35. The molecule has 0 radical (unpaired) electrons. The minimum Gasteiger partial charge on any atom is -0.454 e. The Balaban J connectivity index is 1.20. The number of halogens is 2. The van der Waals surface area contributed by atoms with Crippen molar-refractivity contribution >= 4 is 5.91 Å². The van der Waals surface area contributed by atoms with Crippen LogP contribution >= 0.6 is 0 Å². The fourth-order valence-corrected chi connectivity index (χ4v) is 4.71. The lowest BCUT2D eigenvalue weighted by Gasteiger charge is -2.50. The van der Waals surface area contributed by atoms with E-state index in [-0.39, 0.29) is 18.1 Å². The molecule has 1 amide bonds. The maximum Gasteiger partial charge on any atom is 0.231 e. The molecule has 0 aromatic heterocycles. The van der Waals surface area contributed by atoms with Crippen molar-refractivity contribution < 1.29 is 27.8 Å². The first-order chi connectivity index (χ1) is 15.0. The number of amides is 1. The molecule has 0 N–H and O–H groups in total. The van der Waals surface area contributed by atoms with Crippen molar-refractivity contribution in [3.05, 3.63) is 59.2 Å². The first-order valence-electron chi connectivity index (χ1n) is 10.4. The van der Waals surface area contributed by atoms with Gasteiger partial charge >= 0.3 is 0 Å². The molecule has 2 aromatic rings. The van der Waals surface area contributed by atoms with Crippen LogP contribution in [-0.2, 0) is 22.5 Å². The Hall–Kier alpha value is -2.71. The molecule has 1 spiro atoms. The normalized spacial score (nSPS) is 19.9. The summed E-state index contributed by atoms with van der Waals surface area (Å²) in [6, 6.07) is 9.17. The van der Waals surface area contributed by atoms with Gasteiger partial charge in [0.25, 0.3) is 0 Å². The fraction of sp³-hybridized carbons (Fsp3) is 0.435. The lowest BCUT2D eigenvalue weighted by atomic mass is 9.79. The van der Waals surface area contributed by atoms with Crippen molar-refractivity contribution in [3.8, 4) is 11.5 Å². The maximum atomic E-state index is 13.5. The monoisotopic (exact) mass is 430 g/mol. The Morgan fingerprint density at radius 2 is 1.74 bits per heavy atom. The van der Waals surface area contributed by atoms with Crippen molar-refractivity contribution in [1.82, 2.24) is 9.80 Å². The molecule has 2 saturated heterocycles. The molecule has 0 aliphatic carbocycles. The smallest absolute Gasteiger partial charge is 0.231 e. The van der Waals surface area contributed by atoms with Crippen molar-refractivity contribution in [2.24, 2.45) is 5.41 Å². The molecule has 3 heterocycles. The van der Waals surface area contributed by atoms with Crippen LogP contribution in [0.15, 0.2) is 36.4 Å². The molecule has 2 fully saturated rings. The van der Waals surface area contributed by atoms with Gasteiger partial charge in [0.1, 0.15) is 11.6 Å². The second kappa shape index (κ2) is 8.09. The minimum absolute atomic E-state index is 0.0504. The predicted octanol–water partition coefficient (Wildman–Crippen LogP) is 2.60. The number of likely N-dealkylation sites (tertiary alicyclic amines) is 1. The van der Waals surface area contributed by atoms with Crippen LogP contribution in [0.5, 0.6) is 11.5 Å². The van der Waals surface area contributed by atoms with Crippen LogP contribution < -0.4 is 9.47 Å². The van der Waals surface area contributed by atoms with Crippen LogP contribution in [0, 0.1) is 17.0 Å². The van der Waals surface area contributed by atoms with Crippen LogP contribution in [0.2, 0.25) is 0 Å². The van der Waals surface area contributed by atoms with Crippen LogP contribution in [0.4, 0.5) is 8.78 Å². The zero-order valence-corrected chi connectivity index (χ0v) is 17.1. The van der Waals surface area contributed by atoms with Gasteiger partial charge in [-0.15, -0.1) is 0 Å². The van der Waals surface area contributed by atoms with Crippen molar-refractivity contribution in [1.29, 1.82) is 0 Å². The lowest BCUT2D eigenvalue weighted by Crippen LogP contribution is -2.62. The molecule has 31 heavy (non-hydrogen) atoms. The van der Waals surface area contributed by atoms with Gasteiger partial charge in [-0.3, -0.25) is 9.69 Å². The summed E-state index contributed by atoms with van der Waals surface area (Å²) >= 11 is 0. The van der Waals surface area contributed by atoms with Crippen molar-refractivity contribution in [2.75, 3.05) is 46.2 Å². The van der Waals surface area contributed by atoms with Crippen molar-refractivity contribution in [3.63, 3.8) is 0 Å². The average molecular weight is 430 g/mol. The van der Waals surface area contributed by atoms with Gasteiger partial charge in [0.2, 0.25) is 12.7 Å². The number of carbonyl (C=O) groups excluding carboxylic acids is 1. The number of hydrogen-bond acceptors (Lipinski definition) is 5. The molecule has 0 unspecified atom stereocenters. The largest absolute Gasteiger partial charge is 0.454 e. The molecular weight excluding hydrogens is 406 g/mol. The first-order valence-corrected chi connectivity index (χ1v) is 10.4. The first kappa shape index (κ1) is 20.2. The summed E-state index contributed by atoms with van der Waals surface area (Å²) in [7, 11) is 0. The quantitative estimate of drug-likeness (QED) is 0.747. The molecule has 3 aliphatic heterocycles. The van der Waals surface area contributed by atoms with Crippen LogP contribution in [-0.4, -0.2) is 61.9 Å². The summed E-state index contributed by atoms with van der Waals surface area (Å²) in [4.78, 5) is 17.0. The summed E-state index contributed by atoms with van der Waals surface area (Å²) in [5, 5.41) is 0. The van der Waals surface area contributed by atoms with E-state index in [1.165, 1.54) is 12.1 Å². The molecule has 0 saturated carbocycles. The second-order valence-electron chi connectivity index (χ2n) is 8.66. The second-order valence-corrected chi connectivity index (χ2v) is 8.66. The molecule has 6 nitrogen and oxygen atoms in total. The third kappa shape index (κ3) is 4.36. The Morgan fingerprint density at radius 3 is 2.55 bits per heavy atom. The predicted molar refractivity (Wildman–Crippen MR) is 108 cm³/mol. The van der Waals surface area contributed by atoms with Gasteiger partial charge in [-0.1, -0.05) is 6.07 Å². The summed E-state index contributed by atoms with van der Waals surface area (Å²) in [5.74, 6) is 0.288. The molecule has 5 rings (SSSR count).